The van der Waals surface area contributed by atoms with E-state index in [2.05, 4.69) is 5.32 Å². The first-order valence-electron chi connectivity index (χ1n) is 5.70. The number of nitro benzene ring substituents is 1. The lowest BCUT2D eigenvalue weighted by Gasteiger charge is -2.15. The molecule has 0 bridgehead atoms. The molecule has 0 aliphatic heterocycles. The van der Waals surface area contributed by atoms with Crippen molar-refractivity contribution in [3.05, 3.63) is 38.9 Å². The molecule has 0 aromatic heterocycles. The van der Waals surface area contributed by atoms with Crippen LogP contribution in [0.3, 0.4) is 0 Å². The highest BCUT2D eigenvalue weighted by Crippen LogP contribution is 2.26. The quantitative estimate of drug-likeness (QED) is 0.515. The minimum atomic E-state index is -0.629. The summed E-state index contributed by atoms with van der Waals surface area (Å²) >= 11 is 11.7. The Bertz CT molecular complexity index is 492. The highest BCUT2D eigenvalue weighted by Gasteiger charge is 2.24. The third-order valence-corrected chi connectivity index (χ3v) is 2.96. The van der Waals surface area contributed by atoms with Gasteiger partial charge in [0.2, 0.25) is 0 Å². The maximum absolute atomic E-state index is 12.0. The number of nitrogens with one attached hydrogen (secondary N) is 1. The van der Waals surface area contributed by atoms with E-state index in [9.17, 15) is 14.9 Å². The van der Waals surface area contributed by atoms with E-state index in [4.69, 9.17) is 23.2 Å². The molecule has 0 fully saturated rings. The molecule has 0 spiro atoms. The topological polar surface area (TPSA) is 72.2 Å². The second-order valence-electron chi connectivity index (χ2n) is 4.28. The summed E-state index contributed by atoms with van der Waals surface area (Å²) in [4.78, 5) is 22.3. The van der Waals surface area contributed by atoms with E-state index in [0.717, 1.165) is 0 Å². The fourth-order valence-corrected chi connectivity index (χ4v) is 2.25. The van der Waals surface area contributed by atoms with Crippen LogP contribution in [0.5, 0.6) is 0 Å². The molecule has 0 aliphatic rings. The second kappa shape index (κ2) is 6.73. The van der Waals surface area contributed by atoms with E-state index in [0.29, 0.717) is 6.42 Å². The SMILES string of the molecule is CC(Cl)CC(C)NC(=O)c1c(Cl)cccc1[N+](=O)[O-]. The normalized spacial score (nSPS) is 13.7. The summed E-state index contributed by atoms with van der Waals surface area (Å²) in [5.74, 6) is -0.567. The number of nitro groups is 1. The number of benzene rings is 1. The zero-order chi connectivity index (χ0) is 14.6. The zero-order valence-electron chi connectivity index (χ0n) is 10.5. The maximum Gasteiger partial charge on any atom is 0.283 e. The molecular formula is C12H14Cl2N2O3. The van der Waals surface area contributed by atoms with Crippen LogP contribution in [0.15, 0.2) is 18.2 Å². The lowest BCUT2D eigenvalue weighted by molar-refractivity contribution is -0.385. The van der Waals surface area contributed by atoms with Gasteiger partial charge in [0.25, 0.3) is 11.6 Å². The van der Waals surface area contributed by atoms with Crippen molar-refractivity contribution in [1.82, 2.24) is 5.32 Å². The van der Waals surface area contributed by atoms with E-state index in [1.54, 1.807) is 6.92 Å². The van der Waals surface area contributed by atoms with Gasteiger partial charge in [-0.3, -0.25) is 14.9 Å². The third-order valence-electron chi connectivity index (χ3n) is 2.47. The second-order valence-corrected chi connectivity index (χ2v) is 5.43. The molecule has 0 saturated carbocycles. The smallest absolute Gasteiger partial charge is 0.283 e. The van der Waals surface area contributed by atoms with Gasteiger partial charge in [-0.1, -0.05) is 17.7 Å². The van der Waals surface area contributed by atoms with E-state index >= 15 is 0 Å². The predicted molar refractivity (Wildman–Crippen MR) is 75.0 cm³/mol. The Hall–Kier alpha value is -1.33. The molecule has 1 N–H and O–H groups in total. The van der Waals surface area contributed by atoms with Crippen LogP contribution >= 0.6 is 23.2 Å². The Balaban J connectivity index is 2.96. The summed E-state index contributed by atoms with van der Waals surface area (Å²) in [6.45, 7) is 3.58. The van der Waals surface area contributed by atoms with Crippen LogP contribution in [0.25, 0.3) is 0 Å². The number of amides is 1. The first-order valence-corrected chi connectivity index (χ1v) is 6.52. The summed E-state index contributed by atoms with van der Waals surface area (Å²) in [5, 5.41) is 13.5. The van der Waals surface area contributed by atoms with Gasteiger partial charge in [-0.25, -0.2) is 0 Å². The van der Waals surface area contributed by atoms with E-state index in [1.165, 1.54) is 18.2 Å². The fourth-order valence-electron chi connectivity index (χ4n) is 1.73. The fraction of sp³-hybridized carbons (Fsp3) is 0.417. The molecule has 2 unspecified atom stereocenters. The molecule has 7 heteroatoms. The van der Waals surface area contributed by atoms with Crippen molar-refractivity contribution in [2.75, 3.05) is 0 Å². The number of carbonyl (C=O) groups excluding carboxylic acids is 1. The standard InChI is InChI=1S/C12H14Cl2N2O3/c1-7(13)6-8(2)15-12(17)11-9(14)4-3-5-10(11)16(18)19/h3-5,7-8H,6H2,1-2H3,(H,15,17). The zero-order valence-corrected chi connectivity index (χ0v) is 12.0. The lowest BCUT2D eigenvalue weighted by Crippen LogP contribution is -2.34. The predicted octanol–water partition coefficient (Wildman–Crippen LogP) is 3.38. The van der Waals surface area contributed by atoms with Gasteiger partial charge < -0.3 is 5.32 Å². The Kier molecular flexibility index (Phi) is 5.57. The Morgan fingerprint density at radius 1 is 1.47 bits per heavy atom. The number of hydrogen-bond acceptors (Lipinski definition) is 3. The summed E-state index contributed by atoms with van der Waals surface area (Å²) in [6, 6.07) is 3.92. The number of halogens is 2. The van der Waals surface area contributed by atoms with Crippen LogP contribution in [0, 0.1) is 10.1 Å². The maximum atomic E-state index is 12.0. The molecule has 104 valence electrons. The van der Waals surface area contributed by atoms with Crippen molar-refractivity contribution >= 4 is 34.8 Å². The van der Waals surface area contributed by atoms with Gasteiger partial charge in [-0.05, 0) is 26.3 Å². The molecule has 1 aromatic rings. The van der Waals surface area contributed by atoms with Gasteiger partial charge in [0.05, 0.1) is 9.95 Å². The molecule has 0 aliphatic carbocycles. The Morgan fingerprint density at radius 2 is 2.11 bits per heavy atom. The van der Waals surface area contributed by atoms with E-state index in [1.807, 2.05) is 6.92 Å². The van der Waals surface area contributed by atoms with Gasteiger partial charge >= 0.3 is 0 Å². The molecule has 1 aromatic carbocycles. The highest BCUT2D eigenvalue weighted by molar-refractivity contribution is 6.34. The molecule has 2 atom stereocenters. The lowest BCUT2D eigenvalue weighted by atomic mass is 10.1. The van der Waals surface area contributed by atoms with Crippen molar-refractivity contribution in [2.45, 2.75) is 31.7 Å². The molecule has 19 heavy (non-hydrogen) atoms. The molecule has 0 heterocycles. The number of alkyl halides is 1. The summed E-state index contributed by atoms with van der Waals surface area (Å²) in [5.41, 5.74) is -0.431. The van der Waals surface area contributed by atoms with Crippen molar-refractivity contribution in [3.8, 4) is 0 Å². The van der Waals surface area contributed by atoms with Crippen molar-refractivity contribution < 1.29 is 9.72 Å². The monoisotopic (exact) mass is 304 g/mol. The molecule has 0 radical (unpaired) electrons. The third kappa shape index (κ3) is 4.36. The van der Waals surface area contributed by atoms with Gasteiger partial charge in [-0.2, -0.15) is 0 Å². The van der Waals surface area contributed by atoms with Crippen molar-refractivity contribution in [1.29, 1.82) is 0 Å². The first-order chi connectivity index (χ1) is 8.82. The van der Waals surface area contributed by atoms with Crippen LogP contribution < -0.4 is 5.32 Å². The minimum absolute atomic E-state index is 0.0535. The molecular weight excluding hydrogens is 291 g/mol. The van der Waals surface area contributed by atoms with E-state index in [-0.39, 0.29) is 27.7 Å². The molecule has 5 nitrogen and oxygen atoms in total. The summed E-state index contributed by atoms with van der Waals surface area (Å²) in [7, 11) is 0. The molecule has 1 rings (SSSR count). The van der Waals surface area contributed by atoms with Crippen LogP contribution in [-0.4, -0.2) is 22.2 Å². The number of rotatable bonds is 5. The first kappa shape index (κ1) is 15.7. The van der Waals surface area contributed by atoms with Gasteiger partial charge in [0, 0.05) is 17.5 Å². The van der Waals surface area contributed by atoms with Crippen molar-refractivity contribution in [2.24, 2.45) is 0 Å². The molecule has 1 amide bonds. The summed E-state index contributed by atoms with van der Waals surface area (Å²) < 4.78 is 0. The number of nitrogens with zero attached hydrogens (tertiary/aromatic N) is 1. The highest BCUT2D eigenvalue weighted by atomic mass is 35.5. The molecule has 0 saturated heterocycles. The average Bonchev–Trinajstić information content (AvgIpc) is 2.26. The number of hydrogen-bond donors (Lipinski definition) is 1. The van der Waals surface area contributed by atoms with Gasteiger partial charge in [-0.15, -0.1) is 11.6 Å². The van der Waals surface area contributed by atoms with E-state index < -0.39 is 10.8 Å². The van der Waals surface area contributed by atoms with Crippen LogP contribution in [0.4, 0.5) is 5.69 Å². The van der Waals surface area contributed by atoms with Crippen LogP contribution in [0.2, 0.25) is 5.02 Å². The van der Waals surface area contributed by atoms with Crippen molar-refractivity contribution in [3.63, 3.8) is 0 Å². The minimum Gasteiger partial charge on any atom is -0.349 e. The number of carbonyl (C=O) groups is 1. The van der Waals surface area contributed by atoms with Gasteiger partial charge in [0.1, 0.15) is 5.56 Å². The largest absolute Gasteiger partial charge is 0.349 e. The van der Waals surface area contributed by atoms with Gasteiger partial charge in [0.15, 0.2) is 0 Å². The summed E-state index contributed by atoms with van der Waals surface area (Å²) in [6.07, 6.45) is 0.561. The van der Waals surface area contributed by atoms with Crippen LogP contribution in [0.1, 0.15) is 30.6 Å². The Morgan fingerprint density at radius 3 is 2.63 bits per heavy atom. The Labute approximate surface area is 121 Å². The average molecular weight is 305 g/mol. The van der Waals surface area contributed by atoms with Crippen LogP contribution in [-0.2, 0) is 0 Å².